The number of carbonyl (C=O) groups excluding carboxylic acids is 1. The molecule has 1 aromatic carbocycles. The van der Waals surface area contributed by atoms with Gasteiger partial charge in [0.25, 0.3) is 15.9 Å². The highest BCUT2D eigenvalue weighted by Crippen LogP contribution is 2.42. The molecule has 162 valence electrons. The van der Waals surface area contributed by atoms with Gasteiger partial charge in [0.1, 0.15) is 11.5 Å². The van der Waals surface area contributed by atoms with Crippen LogP contribution in [0.3, 0.4) is 0 Å². The second kappa shape index (κ2) is 7.85. The predicted octanol–water partition coefficient (Wildman–Crippen LogP) is 4.23. The molecule has 1 aliphatic carbocycles. The van der Waals surface area contributed by atoms with Crippen molar-refractivity contribution in [1.82, 2.24) is 10.3 Å². The second-order valence-corrected chi connectivity index (χ2v) is 10.4. The number of pyridine rings is 1. The molecule has 0 bridgehead atoms. The molecule has 2 N–H and O–H groups in total. The van der Waals surface area contributed by atoms with Crippen LogP contribution in [-0.2, 0) is 16.4 Å². The summed E-state index contributed by atoms with van der Waals surface area (Å²) < 4.78 is 33.5. The van der Waals surface area contributed by atoms with Crippen molar-refractivity contribution in [3.63, 3.8) is 0 Å². The van der Waals surface area contributed by atoms with Gasteiger partial charge >= 0.3 is 0 Å². The van der Waals surface area contributed by atoms with Gasteiger partial charge in [-0.2, -0.15) is 0 Å². The number of hydrogen-bond donors (Lipinski definition) is 2. The van der Waals surface area contributed by atoms with E-state index in [4.69, 9.17) is 4.42 Å². The summed E-state index contributed by atoms with van der Waals surface area (Å²) in [4.78, 5) is 16.8. The normalized spacial score (nSPS) is 17.6. The van der Waals surface area contributed by atoms with Crippen LogP contribution in [0.1, 0.15) is 53.8 Å². The maximum atomic E-state index is 12.9. The molecule has 7 nitrogen and oxygen atoms in total. The van der Waals surface area contributed by atoms with Gasteiger partial charge in [-0.15, -0.1) is 0 Å². The minimum Gasteiger partial charge on any atom is -0.466 e. The minimum atomic E-state index is -3.76. The quantitative estimate of drug-likeness (QED) is 0.620. The van der Waals surface area contributed by atoms with Crippen molar-refractivity contribution in [2.24, 2.45) is 5.41 Å². The van der Waals surface area contributed by atoms with Crippen molar-refractivity contribution in [3.8, 4) is 0 Å². The lowest BCUT2D eigenvalue weighted by Crippen LogP contribution is -2.36. The number of benzene rings is 1. The average molecular weight is 440 g/mol. The standard InChI is InChI=1S/C23H25N3O4S/c1-15-12-19-20(13-23(2,3)14-21(19)30-15)25-22(27)16-4-6-18(7-5-16)31(28,29)26-17-8-10-24-11-9-17/h4-12,20H,13-14H2,1-3H3,(H,24,26)(H,25,27). The molecule has 0 saturated carbocycles. The van der Waals surface area contributed by atoms with Crippen molar-refractivity contribution < 1.29 is 17.6 Å². The summed E-state index contributed by atoms with van der Waals surface area (Å²) in [5.41, 5.74) is 1.84. The Hall–Kier alpha value is -3.13. The van der Waals surface area contributed by atoms with Crippen molar-refractivity contribution in [2.45, 2.75) is 44.6 Å². The summed E-state index contributed by atoms with van der Waals surface area (Å²) in [5.74, 6) is 1.50. The number of sulfonamides is 1. The van der Waals surface area contributed by atoms with E-state index in [9.17, 15) is 13.2 Å². The van der Waals surface area contributed by atoms with Crippen LogP contribution < -0.4 is 10.0 Å². The zero-order valence-corrected chi connectivity index (χ0v) is 18.5. The third-order valence-corrected chi connectivity index (χ3v) is 6.80. The van der Waals surface area contributed by atoms with Crippen LogP contribution in [0, 0.1) is 12.3 Å². The Balaban J connectivity index is 1.50. The predicted molar refractivity (Wildman–Crippen MR) is 117 cm³/mol. The Morgan fingerprint density at radius 2 is 1.81 bits per heavy atom. The first-order chi connectivity index (χ1) is 14.6. The first kappa shape index (κ1) is 21.1. The van der Waals surface area contributed by atoms with E-state index in [-0.39, 0.29) is 22.3 Å². The van der Waals surface area contributed by atoms with Crippen LogP contribution in [-0.4, -0.2) is 19.3 Å². The lowest BCUT2D eigenvalue weighted by Gasteiger charge is -2.34. The summed E-state index contributed by atoms with van der Waals surface area (Å²) >= 11 is 0. The van der Waals surface area contributed by atoms with E-state index in [2.05, 4.69) is 28.9 Å². The number of aromatic nitrogens is 1. The van der Waals surface area contributed by atoms with Gasteiger partial charge in [-0.25, -0.2) is 8.42 Å². The zero-order valence-electron chi connectivity index (χ0n) is 17.7. The fraction of sp³-hybridized carbons (Fsp3) is 0.304. The number of nitrogens with one attached hydrogen (secondary N) is 2. The summed E-state index contributed by atoms with van der Waals surface area (Å²) in [5, 5.41) is 3.09. The molecular formula is C23H25N3O4S. The van der Waals surface area contributed by atoms with E-state index in [1.54, 1.807) is 12.1 Å². The fourth-order valence-corrected chi connectivity index (χ4v) is 5.03. The van der Waals surface area contributed by atoms with E-state index in [0.29, 0.717) is 11.3 Å². The first-order valence-electron chi connectivity index (χ1n) is 10.1. The maximum Gasteiger partial charge on any atom is 0.261 e. The third kappa shape index (κ3) is 4.64. The van der Waals surface area contributed by atoms with Crippen LogP contribution in [0.15, 0.2) is 64.2 Å². The highest BCUT2D eigenvalue weighted by molar-refractivity contribution is 7.92. The molecule has 0 radical (unpaired) electrons. The van der Waals surface area contributed by atoms with Crippen LogP contribution in [0.2, 0.25) is 0 Å². The van der Waals surface area contributed by atoms with E-state index in [1.807, 2.05) is 13.0 Å². The first-order valence-corrected chi connectivity index (χ1v) is 11.5. The highest BCUT2D eigenvalue weighted by Gasteiger charge is 2.35. The van der Waals surface area contributed by atoms with Gasteiger partial charge in [-0.1, -0.05) is 13.8 Å². The van der Waals surface area contributed by atoms with Crippen molar-refractivity contribution in [3.05, 3.63) is 77.5 Å². The van der Waals surface area contributed by atoms with Crippen LogP contribution in [0.4, 0.5) is 5.69 Å². The number of fused-ring (bicyclic) bond motifs is 1. The number of anilines is 1. The van der Waals surface area contributed by atoms with Gasteiger partial charge in [-0.05, 0) is 61.2 Å². The van der Waals surface area contributed by atoms with Gasteiger partial charge in [0.05, 0.1) is 16.6 Å². The number of carbonyl (C=O) groups is 1. The number of amides is 1. The Bertz CT molecular complexity index is 1200. The largest absolute Gasteiger partial charge is 0.466 e. The Morgan fingerprint density at radius 3 is 2.48 bits per heavy atom. The summed E-state index contributed by atoms with van der Waals surface area (Å²) in [7, 11) is -3.76. The molecule has 2 heterocycles. The lowest BCUT2D eigenvalue weighted by molar-refractivity contribution is 0.0917. The summed E-state index contributed by atoms with van der Waals surface area (Å²) in [6.45, 7) is 6.22. The lowest BCUT2D eigenvalue weighted by atomic mass is 9.74. The van der Waals surface area contributed by atoms with Crippen LogP contribution in [0.25, 0.3) is 0 Å². The van der Waals surface area contributed by atoms with Gasteiger partial charge in [-0.3, -0.25) is 14.5 Å². The maximum absolute atomic E-state index is 12.9. The van der Waals surface area contributed by atoms with Crippen molar-refractivity contribution >= 4 is 21.6 Å². The Labute approximate surface area is 181 Å². The monoisotopic (exact) mass is 439 g/mol. The molecular weight excluding hydrogens is 414 g/mol. The topological polar surface area (TPSA) is 101 Å². The second-order valence-electron chi connectivity index (χ2n) is 8.67. The van der Waals surface area contributed by atoms with E-state index < -0.39 is 10.0 Å². The molecule has 2 aromatic heterocycles. The molecule has 0 aliphatic heterocycles. The smallest absolute Gasteiger partial charge is 0.261 e. The number of furan rings is 1. The molecule has 0 spiro atoms. The van der Waals surface area contributed by atoms with Crippen LogP contribution >= 0.6 is 0 Å². The van der Waals surface area contributed by atoms with E-state index >= 15 is 0 Å². The molecule has 8 heteroatoms. The Kier molecular flexibility index (Phi) is 5.35. The molecule has 4 rings (SSSR count). The van der Waals surface area contributed by atoms with Crippen molar-refractivity contribution in [1.29, 1.82) is 0 Å². The number of rotatable bonds is 5. The number of hydrogen-bond acceptors (Lipinski definition) is 5. The third-order valence-electron chi connectivity index (χ3n) is 5.40. The number of nitrogens with zero attached hydrogens (tertiary/aromatic N) is 1. The molecule has 3 aromatic rings. The Morgan fingerprint density at radius 1 is 1.13 bits per heavy atom. The van der Waals surface area contributed by atoms with Gasteiger partial charge in [0.2, 0.25) is 0 Å². The SMILES string of the molecule is Cc1cc2c(o1)CC(C)(C)CC2NC(=O)c1ccc(S(=O)(=O)Nc2ccncc2)cc1. The summed E-state index contributed by atoms with van der Waals surface area (Å²) in [6.07, 6.45) is 4.64. The molecule has 0 saturated heterocycles. The summed E-state index contributed by atoms with van der Waals surface area (Å²) in [6, 6.07) is 10.9. The minimum absolute atomic E-state index is 0.00576. The van der Waals surface area contributed by atoms with Gasteiger partial charge in [0.15, 0.2) is 0 Å². The van der Waals surface area contributed by atoms with E-state index in [0.717, 1.165) is 29.9 Å². The van der Waals surface area contributed by atoms with E-state index in [1.165, 1.54) is 36.7 Å². The van der Waals surface area contributed by atoms with Gasteiger partial charge < -0.3 is 9.73 Å². The molecule has 0 fully saturated rings. The molecule has 1 aliphatic rings. The average Bonchev–Trinajstić information content (AvgIpc) is 3.07. The van der Waals surface area contributed by atoms with Gasteiger partial charge in [0, 0.05) is 29.9 Å². The molecule has 1 unspecified atom stereocenters. The molecule has 31 heavy (non-hydrogen) atoms. The van der Waals surface area contributed by atoms with Crippen LogP contribution in [0.5, 0.6) is 0 Å². The number of aryl methyl sites for hydroxylation is 1. The van der Waals surface area contributed by atoms with Crippen molar-refractivity contribution in [2.75, 3.05) is 4.72 Å². The zero-order chi connectivity index (χ0) is 22.2. The highest BCUT2D eigenvalue weighted by atomic mass is 32.2. The fourth-order valence-electron chi connectivity index (χ4n) is 3.97. The molecule has 1 atom stereocenters. The molecule has 1 amide bonds.